The van der Waals surface area contributed by atoms with E-state index in [0.717, 1.165) is 38.5 Å². The quantitative estimate of drug-likeness (QED) is 0.268. The lowest BCUT2D eigenvalue weighted by atomic mass is 10.1. The molecule has 0 amide bonds. The maximum atomic E-state index is 10.9. The molecule has 0 bridgehead atoms. The van der Waals surface area contributed by atoms with E-state index >= 15 is 0 Å². The Morgan fingerprint density at radius 3 is 1.36 bits per heavy atom. The number of hydrogen-bond donors (Lipinski definition) is 0. The second-order valence-electron chi connectivity index (χ2n) is 5.53. The number of unbranched alkanes of at least 4 members (excludes halogenated alkanes) is 8. The van der Waals surface area contributed by atoms with Crippen molar-refractivity contribution >= 4 is 11.9 Å². The molecule has 0 saturated carbocycles. The van der Waals surface area contributed by atoms with Crippen LogP contribution in [-0.4, -0.2) is 26.2 Å². The number of methoxy groups -OCH3 is 2. The van der Waals surface area contributed by atoms with Gasteiger partial charge in [0.15, 0.2) is 0 Å². The van der Waals surface area contributed by atoms with E-state index in [0.29, 0.717) is 12.8 Å². The third kappa shape index (κ3) is 15.1. The van der Waals surface area contributed by atoms with Gasteiger partial charge in [0.2, 0.25) is 0 Å². The Morgan fingerprint density at radius 2 is 1.00 bits per heavy atom. The van der Waals surface area contributed by atoms with Crippen LogP contribution in [0.2, 0.25) is 0 Å². The van der Waals surface area contributed by atoms with E-state index in [2.05, 4.69) is 21.6 Å². The van der Waals surface area contributed by atoms with Gasteiger partial charge in [-0.3, -0.25) is 9.59 Å². The molecule has 0 aliphatic rings. The molecular formula is C18H32O4. The van der Waals surface area contributed by atoms with Crippen molar-refractivity contribution < 1.29 is 19.1 Å². The predicted molar refractivity (Wildman–Crippen MR) is 88.6 cm³/mol. The monoisotopic (exact) mass is 312 g/mol. The molecule has 0 aliphatic carbocycles. The number of ether oxygens (including phenoxy) is 2. The van der Waals surface area contributed by atoms with Crippen molar-refractivity contribution in [3.63, 3.8) is 0 Å². The van der Waals surface area contributed by atoms with Crippen LogP contribution >= 0.6 is 0 Å². The zero-order valence-electron chi connectivity index (χ0n) is 14.3. The highest BCUT2D eigenvalue weighted by atomic mass is 16.5. The van der Waals surface area contributed by atoms with Gasteiger partial charge >= 0.3 is 11.9 Å². The zero-order chi connectivity index (χ0) is 16.5. The Kier molecular flexibility index (Phi) is 15.1. The molecule has 0 aromatic heterocycles. The smallest absolute Gasteiger partial charge is 0.305 e. The molecule has 0 radical (unpaired) electrons. The highest BCUT2D eigenvalue weighted by Crippen LogP contribution is 2.09. The minimum absolute atomic E-state index is 0.105. The molecule has 0 aliphatic heterocycles. The summed E-state index contributed by atoms with van der Waals surface area (Å²) in [6.45, 7) is 0. The minimum atomic E-state index is -0.105. The zero-order valence-corrected chi connectivity index (χ0v) is 14.3. The lowest BCUT2D eigenvalue weighted by Crippen LogP contribution is -1.99. The van der Waals surface area contributed by atoms with Gasteiger partial charge in [-0.25, -0.2) is 0 Å². The van der Waals surface area contributed by atoms with Crippen LogP contribution in [0.5, 0.6) is 0 Å². The molecule has 0 N–H and O–H groups in total. The van der Waals surface area contributed by atoms with Gasteiger partial charge in [0.1, 0.15) is 0 Å². The summed E-state index contributed by atoms with van der Waals surface area (Å²) >= 11 is 0. The molecule has 128 valence electrons. The van der Waals surface area contributed by atoms with Gasteiger partial charge in [0, 0.05) is 12.8 Å². The van der Waals surface area contributed by atoms with E-state index < -0.39 is 0 Å². The third-order valence-corrected chi connectivity index (χ3v) is 3.63. The van der Waals surface area contributed by atoms with Crippen molar-refractivity contribution in [1.82, 2.24) is 0 Å². The fourth-order valence-corrected chi connectivity index (χ4v) is 2.21. The molecule has 22 heavy (non-hydrogen) atoms. The third-order valence-electron chi connectivity index (χ3n) is 3.63. The van der Waals surface area contributed by atoms with Crippen LogP contribution in [0, 0.1) is 0 Å². The van der Waals surface area contributed by atoms with E-state index in [1.165, 1.54) is 39.9 Å². The molecule has 0 atom stereocenters. The fraction of sp³-hybridized carbons (Fsp3) is 0.778. The van der Waals surface area contributed by atoms with Crippen molar-refractivity contribution in [2.45, 2.75) is 77.0 Å². The van der Waals surface area contributed by atoms with Crippen LogP contribution in [-0.2, 0) is 19.1 Å². The lowest BCUT2D eigenvalue weighted by Gasteiger charge is -2.00. The van der Waals surface area contributed by atoms with E-state index in [9.17, 15) is 9.59 Å². The van der Waals surface area contributed by atoms with Crippen LogP contribution in [0.25, 0.3) is 0 Å². The van der Waals surface area contributed by atoms with Gasteiger partial charge in [-0.1, -0.05) is 37.8 Å². The summed E-state index contributed by atoms with van der Waals surface area (Å²) in [5.74, 6) is -0.210. The van der Waals surface area contributed by atoms with Gasteiger partial charge in [0.05, 0.1) is 14.2 Å². The van der Waals surface area contributed by atoms with Crippen LogP contribution in [0.1, 0.15) is 77.0 Å². The Bertz CT molecular complexity index is 280. The summed E-state index contributed by atoms with van der Waals surface area (Å²) in [5, 5.41) is 0. The summed E-state index contributed by atoms with van der Waals surface area (Å²) < 4.78 is 9.20. The normalized spacial score (nSPS) is 10.8. The molecule has 0 rings (SSSR count). The maximum Gasteiger partial charge on any atom is 0.305 e. The Hall–Kier alpha value is -1.32. The maximum absolute atomic E-state index is 10.9. The highest BCUT2D eigenvalue weighted by molar-refractivity contribution is 5.69. The summed E-state index contributed by atoms with van der Waals surface area (Å²) in [7, 11) is 2.87. The fourth-order valence-electron chi connectivity index (χ4n) is 2.21. The molecule has 4 nitrogen and oxygen atoms in total. The van der Waals surface area contributed by atoms with E-state index in [4.69, 9.17) is 0 Å². The van der Waals surface area contributed by atoms with Gasteiger partial charge in [0.25, 0.3) is 0 Å². The molecule has 0 unspecified atom stereocenters. The average Bonchev–Trinajstić information content (AvgIpc) is 2.54. The average molecular weight is 312 g/mol. The molecule has 0 fully saturated rings. The van der Waals surface area contributed by atoms with Crippen LogP contribution in [0.4, 0.5) is 0 Å². The van der Waals surface area contributed by atoms with E-state index in [-0.39, 0.29) is 11.9 Å². The van der Waals surface area contributed by atoms with Gasteiger partial charge in [-0.2, -0.15) is 0 Å². The number of esters is 2. The highest BCUT2D eigenvalue weighted by Gasteiger charge is 1.99. The summed E-state index contributed by atoms with van der Waals surface area (Å²) in [5.41, 5.74) is 0. The first-order valence-corrected chi connectivity index (χ1v) is 8.49. The van der Waals surface area contributed by atoms with Gasteiger partial charge < -0.3 is 9.47 Å². The van der Waals surface area contributed by atoms with Crippen molar-refractivity contribution in [3.05, 3.63) is 12.2 Å². The first-order valence-electron chi connectivity index (χ1n) is 8.49. The van der Waals surface area contributed by atoms with Crippen molar-refractivity contribution in [2.24, 2.45) is 0 Å². The SMILES string of the molecule is COC(=O)CCCCCC/C=C\CCCCCCC(=O)OC. The molecule has 0 spiro atoms. The second-order valence-corrected chi connectivity index (χ2v) is 5.53. The van der Waals surface area contributed by atoms with Crippen molar-refractivity contribution in [3.8, 4) is 0 Å². The Morgan fingerprint density at radius 1 is 0.636 bits per heavy atom. The number of carbonyl (C=O) groups excluding carboxylic acids is 2. The second kappa shape index (κ2) is 16.1. The van der Waals surface area contributed by atoms with Crippen LogP contribution < -0.4 is 0 Å². The minimum Gasteiger partial charge on any atom is -0.469 e. The molecule has 0 aromatic carbocycles. The molecule has 4 heteroatoms. The number of carbonyl (C=O) groups is 2. The van der Waals surface area contributed by atoms with Crippen molar-refractivity contribution in [1.29, 1.82) is 0 Å². The largest absolute Gasteiger partial charge is 0.469 e. The molecular weight excluding hydrogens is 280 g/mol. The molecule has 0 aromatic rings. The number of allylic oxidation sites excluding steroid dienone is 2. The van der Waals surface area contributed by atoms with E-state index in [1.54, 1.807) is 0 Å². The van der Waals surface area contributed by atoms with Crippen LogP contribution in [0.15, 0.2) is 12.2 Å². The number of hydrogen-bond acceptors (Lipinski definition) is 4. The summed E-state index contributed by atoms with van der Waals surface area (Å²) in [6, 6.07) is 0. The Labute approximate surface area is 135 Å². The molecule has 0 saturated heterocycles. The summed E-state index contributed by atoms with van der Waals surface area (Å²) in [4.78, 5) is 21.8. The van der Waals surface area contributed by atoms with E-state index in [1.807, 2.05) is 0 Å². The summed E-state index contributed by atoms with van der Waals surface area (Å²) in [6.07, 6.45) is 16.7. The van der Waals surface area contributed by atoms with Gasteiger partial charge in [-0.15, -0.1) is 0 Å². The van der Waals surface area contributed by atoms with Gasteiger partial charge in [-0.05, 0) is 38.5 Å². The first-order chi connectivity index (χ1) is 10.7. The topological polar surface area (TPSA) is 52.6 Å². The molecule has 0 heterocycles. The van der Waals surface area contributed by atoms with Crippen molar-refractivity contribution in [2.75, 3.05) is 14.2 Å². The Balaban J connectivity index is 3.18. The lowest BCUT2D eigenvalue weighted by molar-refractivity contribution is -0.141. The standard InChI is InChI=1S/C18H32O4/c1-21-17(19)15-13-11-9-7-5-3-4-6-8-10-12-14-16-18(20)22-2/h3-4H,5-16H2,1-2H3/b4-3-. The first kappa shape index (κ1) is 20.7. The predicted octanol–water partition coefficient (Wildman–Crippen LogP) is 4.57. The van der Waals surface area contributed by atoms with Crippen LogP contribution in [0.3, 0.4) is 0 Å². The number of rotatable bonds is 14.